The fourth-order valence-corrected chi connectivity index (χ4v) is 2.13. The van der Waals surface area contributed by atoms with Gasteiger partial charge in [0.05, 0.1) is 12.5 Å². The quantitative estimate of drug-likeness (QED) is 0.907. The van der Waals surface area contributed by atoms with E-state index in [9.17, 15) is 4.79 Å². The Morgan fingerprint density at radius 3 is 2.76 bits per heavy atom. The number of halogens is 1. The molecule has 17 heavy (non-hydrogen) atoms. The number of rotatable bonds is 5. The van der Waals surface area contributed by atoms with Gasteiger partial charge >= 0.3 is 0 Å². The Hall–Kier alpha value is -0.870. The largest absolute Gasteiger partial charge is 0.396 e. The van der Waals surface area contributed by atoms with Crippen molar-refractivity contribution in [2.24, 2.45) is 5.92 Å². The van der Waals surface area contributed by atoms with Crippen LogP contribution in [0, 0.1) is 5.92 Å². The predicted molar refractivity (Wildman–Crippen MR) is 71.5 cm³/mol. The Bertz CT molecular complexity index is 377. The van der Waals surface area contributed by atoms with Crippen LogP contribution in [0.25, 0.3) is 0 Å². The highest BCUT2D eigenvalue weighted by molar-refractivity contribution is 9.10. The Balaban J connectivity index is 2.65. The zero-order valence-electron chi connectivity index (χ0n) is 10.2. The van der Waals surface area contributed by atoms with Gasteiger partial charge in [0.2, 0.25) is 5.91 Å². The van der Waals surface area contributed by atoms with Crippen LogP contribution >= 0.6 is 15.9 Å². The Kier molecular flexibility index (Phi) is 5.65. The van der Waals surface area contributed by atoms with Gasteiger partial charge in [0, 0.05) is 18.1 Å². The molecule has 0 radical (unpaired) electrons. The molecule has 1 aromatic rings. The van der Waals surface area contributed by atoms with Crippen molar-refractivity contribution in [1.82, 2.24) is 4.90 Å². The first kappa shape index (κ1) is 14.2. The van der Waals surface area contributed by atoms with Crippen LogP contribution in [-0.2, 0) is 11.3 Å². The lowest BCUT2D eigenvalue weighted by molar-refractivity contribution is -0.136. The zero-order valence-corrected chi connectivity index (χ0v) is 11.8. The van der Waals surface area contributed by atoms with Gasteiger partial charge in [-0.05, 0) is 24.1 Å². The van der Waals surface area contributed by atoms with Gasteiger partial charge in [-0.3, -0.25) is 4.79 Å². The molecule has 0 bridgehead atoms. The molecule has 3 nitrogen and oxygen atoms in total. The maximum Gasteiger partial charge on any atom is 0.228 e. The maximum atomic E-state index is 11.9. The average Bonchev–Trinajstić information content (AvgIpc) is 2.30. The van der Waals surface area contributed by atoms with Gasteiger partial charge in [-0.15, -0.1) is 0 Å². The summed E-state index contributed by atoms with van der Waals surface area (Å²) in [4.78, 5) is 13.6. The van der Waals surface area contributed by atoms with E-state index >= 15 is 0 Å². The van der Waals surface area contributed by atoms with E-state index in [1.54, 1.807) is 11.9 Å². The molecule has 1 atom stereocenters. The van der Waals surface area contributed by atoms with Crippen molar-refractivity contribution in [3.63, 3.8) is 0 Å². The van der Waals surface area contributed by atoms with Crippen LogP contribution in [0.5, 0.6) is 0 Å². The number of aliphatic hydroxyl groups excluding tert-OH is 1. The molecule has 0 heterocycles. The summed E-state index contributed by atoms with van der Waals surface area (Å²) in [6.45, 7) is 2.39. The van der Waals surface area contributed by atoms with Crippen molar-refractivity contribution >= 4 is 21.8 Å². The SMILES string of the molecule is CCC(CO)C(=O)N(C)Cc1cccc(Br)c1. The zero-order chi connectivity index (χ0) is 12.8. The Labute approximate surface area is 111 Å². The number of carbonyl (C=O) groups is 1. The molecule has 0 spiro atoms. The second-order valence-corrected chi connectivity index (χ2v) is 5.03. The molecule has 0 aliphatic heterocycles. The third kappa shape index (κ3) is 4.13. The first-order valence-corrected chi connectivity index (χ1v) is 6.48. The number of benzene rings is 1. The average molecular weight is 300 g/mol. The molecule has 0 saturated carbocycles. The number of amides is 1. The van der Waals surface area contributed by atoms with Crippen molar-refractivity contribution in [1.29, 1.82) is 0 Å². The van der Waals surface area contributed by atoms with E-state index in [1.807, 2.05) is 31.2 Å². The molecular formula is C13H18BrNO2. The molecule has 0 fully saturated rings. The molecule has 4 heteroatoms. The number of carbonyl (C=O) groups excluding carboxylic acids is 1. The molecular weight excluding hydrogens is 282 g/mol. The van der Waals surface area contributed by atoms with Crippen LogP contribution in [0.1, 0.15) is 18.9 Å². The van der Waals surface area contributed by atoms with Gasteiger partial charge in [0.25, 0.3) is 0 Å². The number of hydrogen-bond donors (Lipinski definition) is 1. The topological polar surface area (TPSA) is 40.5 Å². The van der Waals surface area contributed by atoms with Crippen LogP contribution in [0.15, 0.2) is 28.7 Å². The van der Waals surface area contributed by atoms with Crippen LogP contribution in [0.4, 0.5) is 0 Å². The monoisotopic (exact) mass is 299 g/mol. The van der Waals surface area contributed by atoms with Gasteiger partial charge in [0.1, 0.15) is 0 Å². The molecule has 1 amide bonds. The minimum Gasteiger partial charge on any atom is -0.396 e. The standard InChI is InChI=1S/C13H18BrNO2/c1-3-11(9-16)13(17)15(2)8-10-5-4-6-12(14)7-10/h4-7,11,16H,3,8-9H2,1-2H3. The maximum absolute atomic E-state index is 11.9. The van der Waals surface area contributed by atoms with E-state index in [0.717, 1.165) is 10.0 Å². The van der Waals surface area contributed by atoms with Crippen molar-refractivity contribution in [2.75, 3.05) is 13.7 Å². The lowest BCUT2D eigenvalue weighted by atomic mass is 10.1. The highest BCUT2D eigenvalue weighted by atomic mass is 79.9. The second-order valence-electron chi connectivity index (χ2n) is 4.11. The highest BCUT2D eigenvalue weighted by Gasteiger charge is 2.19. The van der Waals surface area contributed by atoms with E-state index in [2.05, 4.69) is 15.9 Å². The van der Waals surface area contributed by atoms with Crippen molar-refractivity contribution in [2.45, 2.75) is 19.9 Å². The van der Waals surface area contributed by atoms with Gasteiger partial charge in [-0.1, -0.05) is 35.0 Å². The first-order chi connectivity index (χ1) is 8.08. The molecule has 0 aliphatic carbocycles. The van der Waals surface area contributed by atoms with Crippen LogP contribution in [0.2, 0.25) is 0 Å². The Morgan fingerprint density at radius 1 is 1.53 bits per heavy atom. The summed E-state index contributed by atoms with van der Waals surface area (Å²) in [7, 11) is 1.77. The summed E-state index contributed by atoms with van der Waals surface area (Å²) in [6.07, 6.45) is 0.665. The summed E-state index contributed by atoms with van der Waals surface area (Å²) in [5.41, 5.74) is 1.07. The van der Waals surface area contributed by atoms with E-state index in [1.165, 1.54) is 0 Å². The number of nitrogens with zero attached hydrogens (tertiary/aromatic N) is 1. The molecule has 94 valence electrons. The van der Waals surface area contributed by atoms with Crippen molar-refractivity contribution in [3.8, 4) is 0 Å². The predicted octanol–water partition coefficient (Wildman–Crippen LogP) is 2.43. The van der Waals surface area contributed by atoms with E-state index in [4.69, 9.17) is 5.11 Å². The van der Waals surface area contributed by atoms with Gasteiger partial charge < -0.3 is 10.0 Å². The number of aliphatic hydroxyl groups is 1. The highest BCUT2D eigenvalue weighted by Crippen LogP contribution is 2.14. The van der Waals surface area contributed by atoms with E-state index in [-0.39, 0.29) is 18.4 Å². The van der Waals surface area contributed by atoms with Gasteiger partial charge in [-0.2, -0.15) is 0 Å². The third-order valence-electron chi connectivity index (χ3n) is 2.75. The third-order valence-corrected chi connectivity index (χ3v) is 3.24. The number of hydrogen-bond acceptors (Lipinski definition) is 2. The van der Waals surface area contributed by atoms with E-state index in [0.29, 0.717) is 13.0 Å². The lowest BCUT2D eigenvalue weighted by Gasteiger charge is -2.22. The van der Waals surface area contributed by atoms with Crippen LogP contribution in [-0.4, -0.2) is 29.6 Å². The summed E-state index contributed by atoms with van der Waals surface area (Å²) in [5.74, 6) is -0.290. The summed E-state index contributed by atoms with van der Waals surface area (Å²) < 4.78 is 1.00. The Morgan fingerprint density at radius 2 is 2.24 bits per heavy atom. The van der Waals surface area contributed by atoms with Crippen molar-refractivity contribution < 1.29 is 9.90 Å². The van der Waals surface area contributed by atoms with Gasteiger partial charge in [0.15, 0.2) is 0 Å². The van der Waals surface area contributed by atoms with Crippen LogP contribution < -0.4 is 0 Å². The fraction of sp³-hybridized carbons (Fsp3) is 0.462. The minimum absolute atomic E-state index is 0.00465. The molecule has 0 aliphatic rings. The molecule has 1 N–H and O–H groups in total. The van der Waals surface area contributed by atoms with E-state index < -0.39 is 0 Å². The molecule has 0 saturated heterocycles. The summed E-state index contributed by atoms with van der Waals surface area (Å²) in [6, 6.07) is 7.87. The van der Waals surface area contributed by atoms with Crippen LogP contribution in [0.3, 0.4) is 0 Å². The molecule has 0 aromatic heterocycles. The summed E-state index contributed by atoms with van der Waals surface area (Å²) >= 11 is 3.40. The smallest absolute Gasteiger partial charge is 0.228 e. The first-order valence-electron chi connectivity index (χ1n) is 5.68. The second kappa shape index (κ2) is 6.77. The molecule has 1 rings (SSSR count). The minimum atomic E-state index is -0.285. The molecule has 1 aromatic carbocycles. The normalized spacial score (nSPS) is 12.2. The van der Waals surface area contributed by atoms with Gasteiger partial charge in [-0.25, -0.2) is 0 Å². The van der Waals surface area contributed by atoms with Crippen molar-refractivity contribution in [3.05, 3.63) is 34.3 Å². The lowest BCUT2D eigenvalue weighted by Crippen LogP contribution is -2.33. The summed E-state index contributed by atoms with van der Waals surface area (Å²) in [5, 5.41) is 9.10. The molecule has 1 unspecified atom stereocenters. The fourth-order valence-electron chi connectivity index (χ4n) is 1.68.